The highest BCUT2D eigenvalue weighted by molar-refractivity contribution is 8.01. The molecule has 2 aliphatic rings. The minimum absolute atomic E-state index is 0.0295. The Morgan fingerprint density at radius 3 is 2.52 bits per heavy atom. The molecule has 0 radical (unpaired) electrons. The van der Waals surface area contributed by atoms with Gasteiger partial charge in [0, 0.05) is 23.4 Å². The highest BCUT2D eigenvalue weighted by atomic mass is 32.2. The lowest BCUT2D eigenvalue weighted by Gasteiger charge is -2.33. The number of hydrogen-bond acceptors (Lipinski definition) is 3. The van der Waals surface area contributed by atoms with Gasteiger partial charge in [-0.05, 0) is 37.6 Å². The van der Waals surface area contributed by atoms with Crippen LogP contribution in [0.15, 0.2) is 72.8 Å². The molecular formula is C26H24N2O2S. The van der Waals surface area contributed by atoms with Gasteiger partial charge in [0.2, 0.25) is 0 Å². The van der Waals surface area contributed by atoms with Crippen LogP contribution in [-0.2, 0) is 16.2 Å². The third kappa shape index (κ3) is 3.15. The van der Waals surface area contributed by atoms with Crippen LogP contribution in [0.25, 0.3) is 0 Å². The van der Waals surface area contributed by atoms with Gasteiger partial charge in [-0.3, -0.25) is 9.59 Å². The smallest absolute Gasteiger partial charge is 0.268 e. The fourth-order valence-electron chi connectivity index (χ4n) is 4.57. The highest BCUT2D eigenvalue weighted by Gasteiger charge is 2.59. The SMILES string of the molecule is Cc1ccc(C(=O)N2CCSC23C(=O)N(Cc2cccc(C)c2)c2ccccc23)cc1. The number of nitrogens with zero attached hydrogens (tertiary/aromatic N) is 2. The molecule has 1 atom stereocenters. The van der Waals surface area contributed by atoms with Gasteiger partial charge in [0.25, 0.3) is 11.8 Å². The lowest BCUT2D eigenvalue weighted by Crippen LogP contribution is -2.50. The summed E-state index contributed by atoms with van der Waals surface area (Å²) in [5, 5.41) is 0. The maximum Gasteiger partial charge on any atom is 0.268 e. The third-order valence-corrected chi connectivity index (χ3v) is 7.49. The van der Waals surface area contributed by atoms with Crippen molar-refractivity contribution in [1.82, 2.24) is 4.90 Å². The molecule has 2 amide bonds. The summed E-state index contributed by atoms with van der Waals surface area (Å²) in [6.07, 6.45) is 0. The summed E-state index contributed by atoms with van der Waals surface area (Å²) in [7, 11) is 0. The van der Waals surface area contributed by atoms with Gasteiger partial charge in [-0.2, -0.15) is 0 Å². The van der Waals surface area contributed by atoms with Crippen LogP contribution in [0.2, 0.25) is 0 Å². The molecule has 0 bridgehead atoms. The van der Waals surface area contributed by atoms with E-state index in [-0.39, 0.29) is 11.8 Å². The van der Waals surface area contributed by atoms with E-state index in [1.807, 2.05) is 72.5 Å². The van der Waals surface area contributed by atoms with Crippen LogP contribution in [-0.4, -0.2) is 29.0 Å². The molecule has 1 saturated heterocycles. The Hall–Kier alpha value is -3.05. The Morgan fingerprint density at radius 2 is 1.74 bits per heavy atom. The first-order chi connectivity index (χ1) is 15.0. The number of aryl methyl sites for hydroxylation is 2. The van der Waals surface area contributed by atoms with E-state index in [1.54, 1.807) is 16.7 Å². The Kier molecular flexibility index (Phi) is 4.86. The molecule has 5 rings (SSSR count). The van der Waals surface area contributed by atoms with Crippen molar-refractivity contribution in [2.75, 3.05) is 17.2 Å². The van der Waals surface area contributed by atoms with Crippen molar-refractivity contribution < 1.29 is 9.59 Å². The van der Waals surface area contributed by atoms with Crippen molar-refractivity contribution in [1.29, 1.82) is 0 Å². The first kappa shape index (κ1) is 19.9. The van der Waals surface area contributed by atoms with Crippen LogP contribution in [0.1, 0.15) is 32.6 Å². The number of carbonyl (C=O) groups excluding carboxylic acids is 2. The van der Waals surface area contributed by atoms with Crippen molar-refractivity contribution in [3.05, 3.63) is 101 Å². The zero-order valence-electron chi connectivity index (χ0n) is 17.7. The minimum atomic E-state index is -0.998. The number of benzene rings is 3. The van der Waals surface area contributed by atoms with Gasteiger partial charge in [0.1, 0.15) is 0 Å². The molecule has 1 spiro atoms. The number of amides is 2. The first-order valence-electron chi connectivity index (χ1n) is 10.5. The Balaban J connectivity index is 1.57. The monoisotopic (exact) mass is 428 g/mol. The first-order valence-corrected chi connectivity index (χ1v) is 11.5. The predicted octanol–water partition coefficient (Wildman–Crippen LogP) is 4.89. The standard InChI is InChI=1S/C26H24N2O2S/c1-18-10-12-21(13-11-18)24(29)28-14-15-31-26(28)22-8-3-4-9-23(22)27(25(26)30)17-20-7-5-6-19(2)16-20/h3-13,16H,14-15,17H2,1-2H3. The molecule has 2 aliphatic heterocycles. The molecular weight excluding hydrogens is 404 g/mol. The molecule has 0 aromatic heterocycles. The van der Waals surface area contributed by atoms with Gasteiger partial charge in [-0.15, -0.1) is 11.8 Å². The summed E-state index contributed by atoms with van der Waals surface area (Å²) in [6, 6.07) is 23.7. The van der Waals surface area contributed by atoms with Crippen LogP contribution >= 0.6 is 11.8 Å². The summed E-state index contributed by atoms with van der Waals surface area (Å²) in [6.45, 7) is 5.10. The lowest BCUT2D eigenvalue weighted by molar-refractivity contribution is -0.123. The van der Waals surface area contributed by atoms with Crippen molar-refractivity contribution >= 4 is 29.3 Å². The third-order valence-electron chi connectivity index (χ3n) is 6.07. The van der Waals surface area contributed by atoms with Crippen LogP contribution in [0.3, 0.4) is 0 Å². The maximum absolute atomic E-state index is 14.0. The van der Waals surface area contributed by atoms with E-state index in [2.05, 4.69) is 19.1 Å². The van der Waals surface area contributed by atoms with Gasteiger partial charge < -0.3 is 9.80 Å². The lowest BCUT2D eigenvalue weighted by atomic mass is 10.0. The van der Waals surface area contributed by atoms with Gasteiger partial charge in [-0.1, -0.05) is 65.7 Å². The van der Waals surface area contributed by atoms with E-state index in [4.69, 9.17) is 0 Å². The van der Waals surface area contributed by atoms with E-state index < -0.39 is 4.87 Å². The zero-order valence-corrected chi connectivity index (χ0v) is 18.5. The normalized spacial score (nSPS) is 19.9. The number of anilines is 1. The predicted molar refractivity (Wildman–Crippen MR) is 125 cm³/mol. The summed E-state index contributed by atoms with van der Waals surface area (Å²) in [5.74, 6) is 0.611. The van der Waals surface area contributed by atoms with Crippen molar-refractivity contribution in [2.45, 2.75) is 25.3 Å². The summed E-state index contributed by atoms with van der Waals surface area (Å²) < 4.78 is 0. The molecule has 1 unspecified atom stereocenters. The molecule has 4 nitrogen and oxygen atoms in total. The van der Waals surface area contributed by atoms with Crippen molar-refractivity contribution in [3.8, 4) is 0 Å². The molecule has 31 heavy (non-hydrogen) atoms. The number of para-hydroxylation sites is 1. The van der Waals surface area contributed by atoms with Gasteiger partial charge in [0.15, 0.2) is 4.87 Å². The summed E-state index contributed by atoms with van der Waals surface area (Å²) in [5.41, 5.74) is 5.78. The van der Waals surface area contributed by atoms with Gasteiger partial charge in [0.05, 0.1) is 12.2 Å². The molecule has 3 aromatic carbocycles. The van der Waals surface area contributed by atoms with Gasteiger partial charge in [-0.25, -0.2) is 0 Å². The summed E-state index contributed by atoms with van der Waals surface area (Å²) in [4.78, 5) is 30.1. The summed E-state index contributed by atoms with van der Waals surface area (Å²) >= 11 is 1.57. The molecule has 0 N–H and O–H groups in total. The fraction of sp³-hybridized carbons (Fsp3) is 0.231. The number of thioether (sulfide) groups is 1. The number of rotatable bonds is 3. The van der Waals surface area contributed by atoms with Crippen molar-refractivity contribution in [2.24, 2.45) is 0 Å². The fourth-order valence-corrected chi connectivity index (χ4v) is 6.03. The zero-order chi connectivity index (χ0) is 21.6. The Labute approximate surface area is 186 Å². The largest absolute Gasteiger partial charge is 0.311 e. The van der Waals surface area contributed by atoms with E-state index in [9.17, 15) is 9.59 Å². The quantitative estimate of drug-likeness (QED) is 0.596. The van der Waals surface area contributed by atoms with Gasteiger partial charge >= 0.3 is 0 Å². The number of fused-ring (bicyclic) bond motifs is 2. The highest BCUT2D eigenvalue weighted by Crippen LogP contribution is 2.54. The van der Waals surface area contributed by atoms with E-state index in [0.717, 1.165) is 28.1 Å². The molecule has 2 heterocycles. The van der Waals surface area contributed by atoms with Crippen LogP contribution in [0.4, 0.5) is 5.69 Å². The second-order valence-corrected chi connectivity index (χ2v) is 9.50. The average Bonchev–Trinajstić information content (AvgIpc) is 3.31. The topological polar surface area (TPSA) is 40.6 Å². The van der Waals surface area contributed by atoms with Crippen LogP contribution in [0.5, 0.6) is 0 Å². The molecule has 3 aromatic rings. The molecule has 156 valence electrons. The van der Waals surface area contributed by atoms with E-state index >= 15 is 0 Å². The number of hydrogen-bond donors (Lipinski definition) is 0. The van der Waals surface area contributed by atoms with E-state index in [0.29, 0.717) is 18.7 Å². The van der Waals surface area contributed by atoms with Crippen LogP contribution < -0.4 is 4.90 Å². The molecule has 0 saturated carbocycles. The Bertz CT molecular complexity index is 1170. The second-order valence-electron chi connectivity index (χ2n) is 8.21. The Morgan fingerprint density at radius 1 is 0.968 bits per heavy atom. The molecule has 0 aliphatic carbocycles. The van der Waals surface area contributed by atoms with E-state index in [1.165, 1.54) is 5.56 Å². The number of carbonyl (C=O) groups is 2. The molecule has 5 heteroatoms. The second kappa shape index (κ2) is 7.57. The minimum Gasteiger partial charge on any atom is -0.311 e. The van der Waals surface area contributed by atoms with Crippen LogP contribution in [0, 0.1) is 13.8 Å². The van der Waals surface area contributed by atoms with Crippen molar-refractivity contribution in [3.63, 3.8) is 0 Å². The molecule has 1 fully saturated rings. The maximum atomic E-state index is 14.0. The average molecular weight is 429 g/mol.